The van der Waals surface area contributed by atoms with E-state index in [1.165, 1.54) is 6.20 Å². The van der Waals surface area contributed by atoms with Crippen LogP contribution in [-0.2, 0) is 0 Å². The molecule has 1 heterocycles. The van der Waals surface area contributed by atoms with E-state index in [1.807, 2.05) is 13.8 Å². The van der Waals surface area contributed by atoms with E-state index in [9.17, 15) is 0 Å². The summed E-state index contributed by atoms with van der Waals surface area (Å²) in [6.45, 7) is 4.00. The number of oxime groups is 1. The average Bonchev–Trinajstić information content (AvgIpc) is 2.24. The summed E-state index contributed by atoms with van der Waals surface area (Å²) in [6.07, 6.45) is 1.53. The molecule has 0 amide bonds. The Morgan fingerprint density at radius 2 is 2.23 bits per heavy atom. The fourth-order valence-corrected chi connectivity index (χ4v) is 0.634. The maximum absolute atomic E-state index is 8.40. The van der Waals surface area contributed by atoms with Crippen molar-refractivity contribution >= 4 is 5.71 Å². The van der Waals surface area contributed by atoms with E-state index in [2.05, 4.69) is 10.1 Å². The number of nitrogens with zero attached hydrogens (tertiary/aromatic N) is 3. The molecule has 4 nitrogen and oxygen atoms in total. The Labute approximate surface area is 77.2 Å². The molecular formula is C9H11N3O. The van der Waals surface area contributed by atoms with Crippen LogP contribution < -0.4 is 0 Å². The van der Waals surface area contributed by atoms with Crippen molar-refractivity contribution < 1.29 is 5.21 Å². The summed E-state index contributed by atoms with van der Waals surface area (Å²) in [7, 11) is 0. The first kappa shape index (κ1) is 11.1. The minimum Gasteiger partial charge on any atom is -0.410 e. The molecule has 0 bridgehead atoms. The zero-order valence-electron chi connectivity index (χ0n) is 7.60. The van der Waals surface area contributed by atoms with E-state index in [0.29, 0.717) is 5.69 Å². The van der Waals surface area contributed by atoms with Crippen LogP contribution in [0.5, 0.6) is 0 Å². The molecule has 1 rings (SSSR count). The molecular weight excluding hydrogens is 166 g/mol. The molecule has 0 aromatic carbocycles. The quantitative estimate of drug-likeness (QED) is 0.404. The normalized spacial score (nSPS) is 9.46. The Balaban J connectivity index is 0.000000671. The van der Waals surface area contributed by atoms with Crippen molar-refractivity contribution in [2.24, 2.45) is 5.16 Å². The van der Waals surface area contributed by atoms with E-state index in [4.69, 9.17) is 10.5 Å². The Kier molecular flexibility index (Phi) is 5.81. The molecule has 0 radical (unpaired) electrons. The third-order valence-corrected chi connectivity index (χ3v) is 1.11. The first-order valence-electron chi connectivity index (χ1n) is 3.92. The molecule has 4 heteroatoms. The van der Waals surface area contributed by atoms with Gasteiger partial charge < -0.3 is 5.21 Å². The van der Waals surface area contributed by atoms with Gasteiger partial charge in [-0.05, 0) is 12.1 Å². The summed E-state index contributed by atoms with van der Waals surface area (Å²) in [6, 6.07) is 6.73. The van der Waals surface area contributed by atoms with Crippen molar-refractivity contribution in [2.75, 3.05) is 0 Å². The second-order valence-corrected chi connectivity index (χ2v) is 1.78. The molecule has 0 spiro atoms. The van der Waals surface area contributed by atoms with E-state index >= 15 is 0 Å². The summed E-state index contributed by atoms with van der Waals surface area (Å²) in [5.41, 5.74) is 0.295. The van der Waals surface area contributed by atoms with Gasteiger partial charge in [0.05, 0.1) is 0 Å². The highest BCUT2D eigenvalue weighted by molar-refractivity contribution is 6.09. The van der Waals surface area contributed by atoms with Crippen molar-refractivity contribution in [3.05, 3.63) is 30.1 Å². The number of pyridine rings is 1. The van der Waals surface area contributed by atoms with Crippen LogP contribution >= 0.6 is 0 Å². The van der Waals surface area contributed by atoms with Gasteiger partial charge in [-0.1, -0.05) is 25.1 Å². The van der Waals surface area contributed by atoms with Gasteiger partial charge in [0.15, 0.2) is 0 Å². The van der Waals surface area contributed by atoms with Gasteiger partial charge in [-0.3, -0.25) is 4.98 Å². The predicted molar refractivity (Wildman–Crippen MR) is 49.5 cm³/mol. The second-order valence-electron chi connectivity index (χ2n) is 1.78. The molecule has 0 unspecified atom stereocenters. The maximum atomic E-state index is 8.40. The number of hydrogen-bond acceptors (Lipinski definition) is 4. The fourth-order valence-electron chi connectivity index (χ4n) is 0.634. The first-order valence-corrected chi connectivity index (χ1v) is 3.92. The van der Waals surface area contributed by atoms with E-state index in [-0.39, 0.29) is 5.71 Å². The smallest absolute Gasteiger partial charge is 0.205 e. The van der Waals surface area contributed by atoms with Crippen molar-refractivity contribution in [2.45, 2.75) is 13.8 Å². The molecule has 0 fully saturated rings. The molecule has 0 aliphatic rings. The Morgan fingerprint density at radius 1 is 1.54 bits per heavy atom. The lowest BCUT2D eigenvalue weighted by Crippen LogP contribution is -1.98. The molecule has 68 valence electrons. The molecule has 1 aromatic heterocycles. The van der Waals surface area contributed by atoms with Gasteiger partial charge in [-0.15, -0.1) is 0 Å². The lowest BCUT2D eigenvalue weighted by Gasteiger charge is -1.90. The first-order chi connectivity index (χ1) is 6.38. The van der Waals surface area contributed by atoms with Crippen LogP contribution in [0.1, 0.15) is 19.5 Å². The molecule has 0 aliphatic carbocycles. The minimum atomic E-state index is -0.0781. The summed E-state index contributed by atoms with van der Waals surface area (Å²) in [4.78, 5) is 3.81. The van der Waals surface area contributed by atoms with Crippen LogP contribution in [0.15, 0.2) is 29.6 Å². The molecule has 0 saturated heterocycles. The molecule has 13 heavy (non-hydrogen) atoms. The van der Waals surface area contributed by atoms with Crippen LogP contribution in [0.2, 0.25) is 0 Å². The van der Waals surface area contributed by atoms with Gasteiger partial charge in [0, 0.05) is 6.20 Å². The van der Waals surface area contributed by atoms with E-state index in [0.717, 1.165) is 0 Å². The van der Waals surface area contributed by atoms with Crippen LogP contribution in [0, 0.1) is 11.3 Å². The van der Waals surface area contributed by atoms with Crippen LogP contribution in [0.4, 0.5) is 0 Å². The lowest BCUT2D eigenvalue weighted by atomic mass is 10.2. The average molecular weight is 177 g/mol. The van der Waals surface area contributed by atoms with Crippen LogP contribution in [0.25, 0.3) is 0 Å². The number of nitriles is 1. The van der Waals surface area contributed by atoms with Crippen molar-refractivity contribution in [1.29, 1.82) is 5.26 Å². The zero-order chi connectivity index (χ0) is 10.1. The Bertz CT molecular complexity index is 300. The Morgan fingerprint density at radius 3 is 2.62 bits per heavy atom. The second kappa shape index (κ2) is 6.80. The van der Waals surface area contributed by atoms with Gasteiger partial charge >= 0.3 is 0 Å². The Hall–Kier alpha value is -1.89. The third-order valence-electron chi connectivity index (χ3n) is 1.11. The number of rotatable bonds is 1. The van der Waals surface area contributed by atoms with Gasteiger partial charge in [-0.2, -0.15) is 5.26 Å². The summed E-state index contributed by atoms with van der Waals surface area (Å²) in [5, 5.41) is 19.5. The highest BCUT2D eigenvalue weighted by atomic mass is 16.4. The maximum Gasteiger partial charge on any atom is 0.205 e. The van der Waals surface area contributed by atoms with Crippen molar-refractivity contribution in [1.82, 2.24) is 4.98 Å². The molecule has 0 saturated carbocycles. The summed E-state index contributed by atoms with van der Waals surface area (Å²) in [5.74, 6) is 0. The van der Waals surface area contributed by atoms with Crippen molar-refractivity contribution in [3.8, 4) is 6.07 Å². The van der Waals surface area contributed by atoms with E-state index in [1.54, 1.807) is 24.3 Å². The third kappa shape index (κ3) is 3.34. The SMILES string of the molecule is CC.N#C/C(=N/O)c1ccccn1. The monoisotopic (exact) mass is 177 g/mol. The number of hydrogen-bond donors (Lipinski definition) is 1. The largest absolute Gasteiger partial charge is 0.410 e. The standard InChI is InChI=1S/C7H5N3O.C2H6/c8-5-7(10-11)6-3-1-2-4-9-6;1-2/h1-4,11H;1-2H3/b10-7-;. The van der Waals surface area contributed by atoms with Gasteiger partial charge in [0.1, 0.15) is 11.8 Å². The molecule has 1 aromatic rings. The van der Waals surface area contributed by atoms with Gasteiger partial charge in [0.2, 0.25) is 5.71 Å². The van der Waals surface area contributed by atoms with Crippen molar-refractivity contribution in [3.63, 3.8) is 0 Å². The fraction of sp³-hybridized carbons (Fsp3) is 0.222. The summed E-state index contributed by atoms with van der Waals surface area (Å²) >= 11 is 0. The highest BCUT2D eigenvalue weighted by Crippen LogP contribution is 1.94. The predicted octanol–water partition coefficient (Wildman–Crippen LogP) is 1.81. The highest BCUT2D eigenvalue weighted by Gasteiger charge is 2.01. The van der Waals surface area contributed by atoms with E-state index < -0.39 is 0 Å². The van der Waals surface area contributed by atoms with Gasteiger partial charge in [0.25, 0.3) is 0 Å². The van der Waals surface area contributed by atoms with Crippen LogP contribution in [-0.4, -0.2) is 15.9 Å². The topological polar surface area (TPSA) is 69.3 Å². The summed E-state index contributed by atoms with van der Waals surface area (Å²) < 4.78 is 0. The minimum absolute atomic E-state index is 0.0781. The van der Waals surface area contributed by atoms with Gasteiger partial charge in [-0.25, -0.2) is 0 Å². The number of aromatic nitrogens is 1. The zero-order valence-corrected chi connectivity index (χ0v) is 7.60. The molecule has 0 atom stereocenters. The lowest BCUT2D eigenvalue weighted by molar-refractivity contribution is 0.320. The molecule has 1 N–H and O–H groups in total. The van der Waals surface area contributed by atoms with Crippen LogP contribution in [0.3, 0.4) is 0 Å². The molecule has 0 aliphatic heterocycles.